The zero-order chi connectivity index (χ0) is 17.0. The average molecular weight is 381 g/mol. The van der Waals surface area contributed by atoms with Crippen LogP contribution in [-0.4, -0.2) is 26.9 Å². The maximum absolute atomic E-state index is 12.2. The molecule has 0 bridgehead atoms. The summed E-state index contributed by atoms with van der Waals surface area (Å²) in [4.78, 5) is 0. The molecule has 1 aromatic rings. The molecular formula is C15H22Cl2N2O3S. The fourth-order valence-corrected chi connectivity index (χ4v) is 4.54. The van der Waals surface area contributed by atoms with E-state index in [0.717, 1.165) is 12.8 Å². The van der Waals surface area contributed by atoms with E-state index in [4.69, 9.17) is 33.7 Å². The van der Waals surface area contributed by atoms with Crippen molar-refractivity contribution in [3.8, 4) is 0 Å². The van der Waals surface area contributed by atoms with Crippen molar-refractivity contribution in [1.82, 2.24) is 0 Å². The van der Waals surface area contributed by atoms with Crippen molar-refractivity contribution in [3.63, 3.8) is 0 Å². The van der Waals surface area contributed by atoms with Crippen molar-refractivity contribution in [2.45, 2.75) is 38.7 Å². The van der Waals surface area contributed by atoms with E-state index in [-0.39, 0.29) is 33.5 Å². The first kappa shape index (κ1) is 18.6. The van der Waals surface area contributed by atoms with Crippen LogP contribution >= 0.6 is 23.2 Å². The summed E-state index contributed by atoms with van der Waals surface area (Å²) >= 11 is 11.8. The number of sulfonamides is 1. The molecule has 0 aliphatic heterocycles. The fourth-order valence-electron chi connectivity index (χ4n) is 2.64. The van der Waals surface area contributed by atoms with Crippen LogP contribution in [0.5, 0.6) is 0 Å². The van der Waals surface area contributed by atoms with Crippen molar-refractivity contribution in [3.05, 3.63) is 22.2 Å². The number of benzene rings is 1. The smallest absolute Gasteiger partial charge is 0.233 e. The van der Waals surface area contributed by atoms with E-state index in [0.29, 0.717) is 12.3 Å². The first-order valence-corrected chi connectivity index (χ1v) is 10.0. The highest BCUT2D eigenvalue weighted by Crippen LogP contribution is 2.31. The van der Waals surface area contributed by atoms with E-state index in [1.807, 2.05) is 6.92 Å². The number of hydrogen-bond acceptors (Lipinski definition) is 4. The molecule has 8 heteroatoms. The summed E-state index contributed by atoms with van der Waals surface area (Å²) in [6.45, 7) is 2.30. The molecule has 1 unspecified atom stereocenters. The predicted molar refractivity (Wildman–Crippen MR) is 95.7 cm³/mol. The molecule has 1 aromatic carbocycles. The summed E-state index contributed by atoms with van der Waals surface area (Å²) in [5, 5.41) is 0.431. The van der Waals surface area contributed by atoms with Gasteiger partial charge in [-0.2, -0.15) is 0 Å². The van der Waals surface area contributed by atoms with Gasteiger partial charge in [-0.1, -0.05) is 43.0 Å². The lowest BCUT2D eigenvalue weighted by atomic mass is 10.2. The molecule has 23 heavy (non-hydrogen) atoms. The van der Waals surface area contributed by atoms with Crippen LogP contribution in [0, 0.1) is 5.92 Å². The minimum absolute atomic E-state index is 0.0284. The van der Waals surface area contributed by atoms with E-state index in [2.05, 4.69) is 4.72 Å². The summed E-state index contributed by atoms with van der Waals surface area (Å²) in [5.41, 5.74) is 6.17. The van der Waals surface area contributed by atoms with Gasteiger partial charge in [-0.15, -0.1) is 0 Å². The monoisotopic (exact) mass is 380 g/mol. The normalized spacial score (nSPS) is 17.3. The molecule has 1 atom stereocenters. The van der Waals surface area contributed by atoms with Gasteiger partial charge in [-0.25, -0.2) is 8.42 Å². The van der Waals surface area contributed by atoms with Crippen LogP contribution in [0.15, 0.2) is 12.1 Å². The van der Waals surface area contributed by atoms with Gasteiger partial charge < -0.3 is 10.5 Å². The second-order valence-corrected chi connectivity index (χ2v) is 8.66. The Kier molecular flexibility index (Phi) is 6.42. The molecule has 130 valence electrons. The molecule has 0 spiro atoms. The lowest BCUT2D eigenvalue weighted by Gasteiger charge is -2.17. The third kappa shape index (κ3) is 5.71. The van der Waals surface area contributed by atoms with Crippen molar-refractivity contribution < 1.29 is 13.2 Å². The molecule has 2 rings (SSSR count). The van der Waals surface area contributed by atoms with E-state index in [9.17, 15) is 8.42 Å². The Hall–Kier alpha value is -0.690. The third-order valence-electron chi connectivity index (χ3n) is 3.77. The van der Waals surface area contributed by atoms with Gasteiger partial charge in [0.1, 0.15) is 0 Å². The molecule has 1 aliphatic carbocycles. The lowest BCUT2D eigenvalue weighted by molar-refractivity contribution is 0.0413. The van der Waals surface area contributed by atoms with Crippen LogP contribution in [0.4, 0.5) is 11.4 Å². The van der Waals surface area contributed by atoms with Gasteiger partial charge in [0.2, 0.25) is 10.0 Å². The summed E-state index contributed by atoms with van der Waals surface area (Å²) in [5.74, 6) is -0.132. The maximum Gasteiger partial charge on any atom is 0.233 e. The van der Waals surface area contributed by atoms with Crippen LogP contribution < -0.4 is 10.5 Å². The highest BCUT2D eigenvalue weighted by molar-refractivity contribution is 7.92. The Morgan fingerprint density at radius 3 is 2.43 bits per heavy atom. The number of nitrogens with two attached hydrogens (primary N) is 1. The average Bonchev–Trinajstić information content (AvgIpc) is 2.94. The number of halogens is 2. The van der Waals surface area contributed by atoms with Gasteiger partial charge in [0.25, 0.3) is 0 Å². The summed E-state index contributed by atoms with van der Waals surface area (Å²) in [7, 11) is -3.51. The van der Waals surface area contributed by atoms with Gasteiger partial charge >= 0.3 is 0 Å². The highest BCUT2D eigenvalue weighted by Gasteiger charge is 2.20. The van der Waals surface area contributed by atoms with E-state index >= 15 is 0 Å². The molecule has 1 fully saturated rings. The Morgan fingerprint density at radius 2 is 1.87 bits per heavy atom. The number of anilines is 2. The lowest BCUT2D eigenvalue weighted by Crippen LogP contribution is -2.25. The molecule has 0 saturated heterocycles. The van der Waals surface area contributed by atoms with Gasteiger partial charge in [-0.3, -0.25) is 4.72 Å². The van der Waals surface area contributed by atoms with E-state index in [1.165, 1.54) is 25.0 Å². The standard InChI is InChI=1S/C15H22Cl2N2O3S/c1-10(8-22-12-4-2-3-5-12)9-23(20,21)19-11-6-13(16)15(18)14(17)7-11/h6-7,10,12,19H,2-5,8-9,18H2,1H3. The Morgan fingerprint density at radius 1 is 1.30 bits per heavy atom. The largest absolute Gasteiger partial charge is 0.396 e. The van der Waals surface area contributed by atoms with Crippen LogP contribution in [0.1, 0.15) is 32.6 Å². The molecule has 0 aromatic heterocycles. The summed E-state index contributed by atoms with van der Waals surface area (Å²) in [6, 6.07) is 2.89. The predicted octanol–water partition coefficient (Wildman–Crippen LogP) is 3.91. The molecule has 0 amide bonds. The number of nitrogen functional groups attached to an aromatic ring is 1. The molecular weight excluding hydrogens is 359 g/mol. The fraction of sp³-hybridized carbons (Fsp3) is 0.600. The SMILES string of the molecule is CC(COC1CCCC1)CS(=O)(=O)Nc1cc(Cl)c(N)c(Cl)c1. The third-order valence-corrected chi connectivity index (χ3v) is 5.95. The topological polar surface area (TPSA) is 81.4 Å². The Balaban J connectivity index is 1.90. The number of nitrogens with one attached hydrogen (secondary N) is 1. The number of rotatable bonds is 7. The van der Waals surface area contributed by atoms with E-state index in [1.54, 1.807) is 0 Å². The van der Waals surface area contributed by atoms with Crippen LogP contribution in [0.3, 0.4) is 0 Å². The quantitative estimate of drug-likeness (QED) is 0.702. The van der Waals surface area contributed by atoms with Crippen molar-refractivity contribution in [2.75, 3.05) is 22.8 Å². The number of hydrogen-bond donors (Lipinski definition) is 2. The summed E-state index contributed by atoms with van der Waals surface area (Å²) in [6.07, 6.45) is 4.80. The first-order chi connectivity index (χ1) is 10.8. The van der Waals surface area contributed by atoms with Crippen LogP contribution in [-0.2, 0) is 14.8 Å². The molecule has 1 aliphatic rings. The Bertz CT molecular complexity index is 623. The van der Waals surface area contributed by atoms with Gasteiger partial charge in [0.15, 0.2) is 0 Å². The van der Waals surface area contributed by atoms with Gasteiger partial charge in [0, 0.05) is 0 Å². The zero-order valence-corrected chi connectivity index (χ0v) is 15.3. The molecule has 0 radical (unpaired) electrons. The molecule has 0 heterocycles. The second kappa shape index (κ2) is 7.92. The van der Waals surface area contributed by atoms with Gasteiger partial charge in [0.05, 0.1) is 39.9 Å². The van der Waals surface area contributed by atoms with Gasteiger partial charge in [-0.05, 0) is 30.9 Å². The van der Waals surface area contributed by atoms with Crippen LogP contribution in [0.2, 0.25) is 10.0 Å². The van der Waals surface area contributed by atoms with Crippen LogP contribution in [0.25, 0.3) is 0 Å². The van der Waals surface area contributed by atoms with Crippen molar-refractivity contribution >= 4 is 44.6 Å². The molecule has 5 nitrogen and oxygen atoms in total. The molecule has 3 N–H and O–H groups in total. The Labute approximate surface area is 147 Å². The molecule has 1 saturated carbocycles. The summed E-state index contributed by atoms with van der Waals surface area (Å²) < 4.78 is 32.7. The number of ether oxygens (including phenoxy) is 1. The first-order valence-electron chi connectivity index (χ1n) is 7.63. The minimum Gasteiger partial charge on any atom is -0.396 e. The zero-order valence-electron chi connectivity index (χ0n) is 13.0. The van der Waals surface area contributed by atoms with Crippen molar-refractivity contribution in [1.29, 1.82) is 0 Å². The minimum atomic E-state index is -3.51. The second-order valence-electron chi connectivity index (χ2n) is 6.08. The maximum atomic E-state index is 12.2. The highest BCUT2D eigenvalue weighted by atomic mass is 35.5. The van der Waals surface area contributed by atoms with Crippen molar-refractivity contribution in [2.24, 2.45) is 5.92 Å². The van der Waals surface area contributed by atoms with E-state index < -0.39 is 10.0 Å².